The standard InChI is InChI=1S/C46H96NO3P/c1-4-7-10-13-15-17-19-21-23-25-27-29-31-33-35-37-39-41-44-47(51(48,49)50-46-43-12-9-6-3)45-42-40-38-36-34-32-30-28-26-24-22-20-18-16-14-11-8-5-2/h4-46H2,1-3H3,(H,48,49). The fraction of sp³-hybridized carbons (Fsp3) is 1.00. The van der Waals surface area contributed by atoms with Crippen LogP contribution in [-0.4, -0.2) is 29.3 Å². The summed E-state index contributed by atoms with van der Waals surface area (Å²) in [5.74, 6) is 0. The van der Waals surface area contributed by atoms with E-state index < -0.39 is 7.75 Å². The van der Waals surface area contributed by atoms with Crippen molar-refractivity contribution in [3.63, 3.8) is 0 Å². The summed E-state index contributed by atoms with van der Waals surface area (Å²) in [4.78, 5) is 10.9. The van der Waals surface area contributed by atoms with Crippen LogP contribution >= 0.6 is 7.75 Å². The van der Waals surface area contributed by atoms with Crippen molar-refractivity contribution in [1.29, 1.82) is 0 Å². The molecule has 1 atom stereocenters. The first-order chi connectivity index (χ1) is 25.1. The molecule has 0 bridgehead atoms. The van der Waals surface area contributed by atoms with E-state index >= 15 is 0 Å². The number of unbranched alkanes of at least 4 members (excludes halogenated alkanes) is 37. The summed E-state index contributed by atoms with van der Waals surface area (Å²) in [6.07, 6.45) is 53.4. The second kappa shape index (κ2) is 42.8. The van der Waals surface area contributed by atoms with Gasteiger partial charge in [-0.3, -0.25) is 4.52 Å². The van der Waals surface area contributed by atoms with Gasteiger partial charge in [0.1, 0.15) is 0 Å². The molecule has 0 saturated carbocycles. The first-order valence-electron chi connectivity index (χ1n) is 23.8. The van der Waals surface area contributed by atoms with Crippen molar-refractivity contribution in [3.8, 4) is 0 Å². The van der Waals surface area contributed by atoms with Crippen molar-refractivity contribution in [2.75, 3.05) is 19.7 Å². The molecule has 0 aliphatic carbocycles. The fourth-order valence-corrected chi connectivity index (χ4v) is 8.87. The molecule has 0 aromatic rings. The normalized spacial score (nSPS) is 13.0. The summed E-state index contributed by atoms with van der Waals surface area (Å²) < 4.78 is 20.7. The second-order valence-electron chi connectivity index (χ2n) is 16.4. The lowest BCUT2D eigenvalue weighted by atomic mass is 10.0. The lowest BCUT2D eigenvalue weighted by Crippen LogP contribution is -2.24. The van der Waals surface area contributed by atoms with Crippen LogP contribution < -0.4 is 0 Å². The van der Waals surface area contributed by atoms with Crippen molar-refractivity contribution >= 4 is 7.75 Å². The van der Waals surface area contributed by atoms with Crippen molar-refractivity contribution in [2.24, 2.45) is 0 Å². The molecule has 1 N–H and O–H groups in total. The maximum absolute atomic E-state index is 13.2. The number of nitrogens with zero attached hydrogens (tertiary/aromatic N) is 1. The molecule has 0 aliphatic heterocycles. The highest BCUT2D eigenvalue weighted by Gasteiger charge is 2.28. The van der Waals surface area contributed by atoms with Gasteiger partial charge in [0.15, 0.2) is 0 Å². The molecular weight excluding hydrogens is 645 g/mol. The van der Waals surface area contributed by atoms with Crippen LogP contribution in [0.5, 0.6) is 0 Å². The van der Waals surface area contributed by atoms with E-state index in [1.54, 1.807) is 0 Å². The summed E-state index contributed by atoms with van der Waals surface area (Å²) in [5.41, 5.74) is 0. The SMILES string of the molecule is CCCCCCCCCCCCCCCCCCCCN(CCCCCCCCCCCCCCCCCCCC)P(=O)(O)OCCCCCC. The van der Waals surface area contributed by atoms with Crippen LogP contribution in [0.3, 0.4) is 0 Å². The predicted molar refractivity (Wildman–Crippen MR) is 229 cm³/mol. The lowest BCUT2D eigenvalue weighted by molar-refractivity contribution is 0.194. The van der Waals surface area contributed by atoms with Gasteiger partial charge in [-0.2, -0.15) is 0 Å². The van der Waals surface area contributed by atoms with Gasteiger partial charge in [-0.1, -0.05) is 258 Å². The molecular formula is C46H96NO3P. The highest BCUT2D eigenvalue weighted by atomic mass is 31.2. The summed E-state index contributed by atoms with van der Waals surface area (Å²) in [7, 11) is -3.70. The van der Waals surface area contributed by atoms with Crippen molar-refractivity contribution in [1.82, 2.24) is 4.67 Å². The molecule has 1 unspecified atom stereocenters. The highest BCUT2D eigenvalue weighted by molar-refractivity contribution is 7.50. The molecule has 0 amide bonds. The summed E-state index contributed by atoms with van der Waals surface area (Å²) in [6.45, 7) is 8.58. The summed E-state index contributed by atoms with van der Waals surface area (Å²) in [5, 5.41) is 0. The Morgan fingerprint density at radius 2 is 0.529 bits per heavy atom. The quantitative estimate of drug-likeness (QED) is 0.0499. The van der Waals surface area contributed by atoms with E-state index in [9.17, 15) is 9.46 Å². The Bertz CT molecular complexity index is 649. The lowest BCUT2D eigenvalue weighted by Gasteiger charge is -2.26. The van der Waals surface area contributed by atoms with Crippen molar-refractivity contribution in [3.05, 3.63) is 0 Å². The van der Waals surface area contributed by atoms with Crippen molar-refractivity contribution < 1.29 is 14.0 Å². The molecule has 0 rings (SSSR count). The van der Waals surface area contributed by atoms with Gasteiger partial charge in [0.2, 0.25) is 0 Å². The van der Waals surface area contributed by atoms with Gasteiger partial charge in [0.05, 0.1) is 6.61 Å². The Morgan fingerprint density at radius 1 is 0.333 bits per heavy atom. The highest BCUT2D eigenvalue weighted by Crippen LogP contribution is 2.47. The maximum Gasteiger partial charge on any atom is 0.405 e. The van der Waals surface area contributed by atoms with Gasteiger partial charge in [0, 0.05) is 13.1 Å². The minimum absolute atomic E-state index is 0.405. The number of hydrogen-bond acceptors (Lipinski definition) is 2. The molecule has 4 nitrogen and oxygen atoms in total. The van der Waals surface area contributed by atoms with E-state index in [0.717, 1.165) is 38.5 Å². The largest absolute Gasteiger partial charge is 0.405 e. The van der Waals surface area contributed by atoms with Gasteiger partial charge >= 0.3 is 7.75 Å². The monoisotopic (exact) mass is 742 g/mol. The Kier molecular flexibility index (Phi) is 42.9. The minimum atomic E-state index is -3.70. The molecule has 5 heteroatoms. The average Bonchev–Trinajstić information content (AvgIpc) is 3.12. The first kappa shape index (κ1) is 51.1. The Balaban J connectivity index is 3.94. The zero-order valence-electron chi connectivity index (χ0n) is 35.6. The third kappa shape index (κ3) is 39.6. The van der Waals surface area contributed by atoms with E-state index in [-0.39, 0.29) is 0 Å². The smallest absolute Gasteiger partial charge is 0.312 e. The van der Waals surface area contributed by atoms with Crippen LogP contribution in [0.25, 0.3) is 0 Å². The fourth-order valence-electron chi connectivity index (χ4n) is 7.55. The second-order valence-corrected chi connectivity index (χ2v) is 18.2. The van der Waals surface area contributed by atoms with Crippen LogP contribution in [0.1, 0.15) is 278 Å². The Labute approximate surface area is 322 Å². The van der Waals surface area contributed by atoms with E-state index in [0.29, 0.717) is 19.7 Å². The molecule has 0 saturated heterocycles. The van der Waals surface area contributed by atoms with Crippen molar-refractivity contribution in [2.45, 2.75) is 278 Å². The van der Waals surface area contributed by atoms with Gasteiger partial charge in [-0.05, 0) is 19.3 Å². The van der Waals surface area contributed by atoms with E-state index in [4.69, 9.17) is 4.52 Å². The Hall–Kier alpha value is 0.110. The maximum atomic E-state index is 13.2. The number of rotatable bonds is 45. The van der Waals surface area contributed by atoms with Crippen LogP contribution in [0.2, 0.25) is 0 Å². The van der Waals surface area contributed by atoms with E-state index in [1.807, 2.05) is 4.67 Å². The molecule has 51 heavy (non-hydrogen) atoms. The van der Waals surface area contributed by atoms with Gasteiger partial charge < -0.3 is 4.89 Å². The molecule has 0 radical (unpaired) electrons. The van der Waals surface area contributed by atoms with Gasteiger partial charge in [-0.25, -0.2) is 9.24 Å². The molecule has 0 aromatic carbocycles. The van der Waals surface area contributed by atoms with Crippen LogP contribution in [0, 0.1) is 0 Å². The average molecular weight is 742 g/mol. The molecule has 0 fully saturated rings. The number of hydrogen-bond donors (Lipinski definition) is 1. The van der Waals surface area contributed by atoms with E-state index in [1.165, 1.54) is 218 Å². The van der Waals surface area contributed by atoms with E-state index in [2.05, 4.69) is 20.8 Å². The first-order valence-corrected chi connectivity index (χ1v) is 25.3. The van der Waals surface area contributed by atoms with Crippen LogP contribution in [0.15, 0.2) is 0 Å². The minimum Gasteiger partial charge on any atom is -0.312 e. The van der Waals surface area contributed by atoms with Crippen LogP contribution in [-0.2, 0) is 9.09 Å². The Morgan fingerprint density at radius 3 is 0.765 bits per heavy atom. The van der Waals surface area contributed by atoms with Gasteiger partial charge in [0.25, 0.3) is 0 Å². The summed E-state index contributed by atoms with van der Waals surface area (Å²) in [6, 6.07) is 0. The zero-order valence-corrected chi connectivity index (χ0v) is 36.5. The third-order valence-electron chi connectivity index (χ3n) is 11.2. The zero-order chi connectivity index (χ0) is 37.2. The molecule has 0 spiro atoms. The summed E-state index contributed by atoms with van der Waals surface area (Å²) >= 11 is 0. The van der Waals surface area contributed by atoms with Crippen LogP contribution in [0.4, 0.5) is 0 Å². The third-order valence-corrected chi connectivity index (χ3v) is 12.8. The molecule has 308 valence electrons. The molecule has 0 aromatic heterocycles. The van der Waals surface area contributed by atoms with Gasteiger partial charge in [-0.15, -0.1) is 0 Å². The topological polar surface area (TPSA) is 49.8 Å². The predicted octanol–water partition coefficient (Wildman–Crippen LogP) is 17.1. The molecule has 0 heterocycles. The molecule has 0 aliphatic rings.